The zero-order valence-corrected chi connectivity index (χ0v) is 54.1. The van der Waals surface area contributed by atoms with Crippen LogP contribution < -0.4 is 0 Å². The first-order chi connectivity index (χ1) is 49.6. The van der Waals surface area contributed by atoms with E-state index >= 15 is 0 Å². The second kappa shape index (κ2) is 24.2. The second-order valence-corrected chi connectivity index (χ2v) is 25.2. The van der Waals surface area contributed by atoms with Crippen molar-refractivity contribution in [2.75, 3.05) is 0 Å². The molecule has 0 aliphatic carbocycles. The lowest BCUT2D eigenvalue weighted by Crippen LogP contribution is -2.06. The summed E-state index contributed by atoms with van der Waals surface area (Å²) in [6, 6.07) is 126. The lowest BCUT2D eigenvalue weighted by Gasteiger charge is -2.12. The van der Waals surface area contributed by atoms with Gasteiger partial charge in [-0.1, -0.05) is 255 Å². The fraction of sp³-hybridized carbons (Fsp3) is 0. The molecule has 9 heteroatoms. The maximum Gasteiger partial charge on any atom is 0.238 e. The summed E-state index contributed by atoms with van der Waals surface area (Å²) in [5, 5.41) is 9.59. The van der Waals surface area contributed by atoms with Crippen LogP contribution >= 0.6 is 0 Å². The van der Waals surface area contributed by atoms with Crippen molar-refractivity contribution in [1.29, 1.82) is 0 Å². The van der Waals surface area contributed by atoms with E-state index in [1.54, 1.807) is 0 Å². The van der Waals surface area contributed by atoms with Crippen LogP contribution in [0.15, 0.2) is 358 Å². The van der Waals surface area contributed by atoms with E-state index in [-0.39, 0.29) is 0 Å². The predicted octanol–water partition coefficient (Wildman–Crippen LogP) is 22.7. The average molecular weight is 1280 g/mol. The van der Waals surface area contributed by atoms with Crippen molar-refractivity contribution in [2.24, 2.45) is 0 Å². The summed E-state index contributed by atoms with van der Waals surface area (Å²) in [5.41, 5.74) is 21.8. The zero-order chi connectivity index (χ0) is 66.0. The first-order valence-electron chi connectivity index (χ1n) is 33.7. The van der Waals surface area contributed by atoms with E-state index in [9.17, 15) is 0 Å². The van der Waals surface area contributed by atoms with Gasteiger partial charge in [-0.15, -0.1) is 0 Å². The van der Waals surface area contributed by atoms with Crippen molar-refractivity contribution in [1.82, 2.24) is 43.2 Å². The van der Waals surface area contributed by atoms with Gasteiger partial charge >= 0.3 is 0 Å². The summed E-state index contributed by atoms with van der Waals surface area (Å²) in [6.07, 6.45) is 0. The van der Waals surface area contributed by atoms with Gasteiger partial charge in [-0.2, -0.15) is 9.97 Å². The third-order valence-corrected chi connectivity index (χ3v) is 19.3. The van der Waals surface area contributed by atoms with E-state index in [0.717, 1.165) is 83.4 Å². The first kappa shape index (κ1) is 57.8. The number of hydrogen-bond donors (Lipinski definition) is 0. The van der Waals surface area contributed by atoms with E-state index in [4.69, 9.17) is 24.9 Å². The van der Waals surface area contributed by atoms with Crippen LogP contribution in [0.3, 0.4) is 0 Å². The Bertz CT molecular complexity index is 5980. The summed E-state index contributed by atoms with van der Waals surface area (Å²) < 4.78 is 9.10. The molecular formula is C91H59N9. The van der Waals surface area contributed by atoms with Crippen LogP contribution in [-0.2, 0) is 0 Å². The standard InChI is InChI=1S/C46H30N4.C45H29N5/c1-4-14-31(15-5-1)40-30-41(32-16-6-2-7-17-32)48-46(47-40)50-43-23-13-11-21-37(43)39-29-34(25-27-45(39)50)33-24-26-44-38(28-33)36-20-10-12-22-42(36)49(44)35-18-8-3-9-19-35;1-4-14-30(15-5-1)43-46-44(31-16-6-2-7-17-31)48-45(47-43)50-40-23-13-11-21-36(40)38-29-33(25-27-42(38)50)32-24-26-41-37(28-32)35-20-10-12-22-39(35)49(41)34-18-8-3-9-19-34/h1-30H;1-29H. The molecule has 6 heterocycles. The Hall–Kier alpha value is -13.6. The molecule has 20 aromatic rings. The number of nitrogens with zero attached hydrogens (tertiary/aromatic N) is 9. The van der Waals surface area contributed by atoms with E-state index in [2.05, 4.69) is 303 Å². The molecule has 0 bridgehead atoms. The van der Waals surface area contributed by atoms with Gasteiger partial charge in [0, 0.05) is 76.7 Å². The minimum atomic E-state index is 0.590. The SMILES string of the molecule is c1ccc(-c2cc(-c3ccccc3)nc(-n3c4ccccc4c4cc(-c5ccc6c(c5)c5ccccc5n6-c5ccccc5)ccc43)n2)cc1.c1ccc(-c2nc(-c3ccccc3)nc(-n3c4ccccc4c4cc(-c5ccc6c(c5)c5ccccc5n6-c5ccccc5)ccc43)n2)cc1. The number of para-hydroxylation sites is 6. The van der Waals surface area contributed by atoms with E-state index < -0.39 is 0 Å². The van der Waals surface area contributed by atoms with Crippen LogP contribution in [0.1, 0.15) is 0 Å². The predicted molar refractivity (Wildman–Crippen MR) is 412 cm³/mol. The van der Waals surface area contributed by atoms with Crippen LogP contribution in [0.4, 0.5) is 0 Å². The molecule has 20 rings (SSSR count). The van der Waals surface area contributed by atoms with Gasteiger partial charge in [-0.25, -0.2) is 15.0 Å². The molecule has 100 heavy (non-hydrogen) atoms. The Kier molecular flexibility index (Phi) is 14.0. The molecule has 468 valence electrons. The highest BCUT2D eigenvalue weighted by molar-refractivity contribution is 6.15. The number of rotatable bonds is 10. The van der Waals surface area contributed by atoms with Crippen molar-refractivity contribution in [3.63, 3.8) is 0 Å². The molecule has 0 spiro atoms. The molecule has 0 aliphatic rings. The fourth-order valence-electron chi connectivity index (χ4n) is 14.7. The normalized spacial score (nSPS) is 11.6. The van der Waals surface area contributed by atoms with Gasteiger partial charge in [0.25, 0.3) is 0 Å². The number of benzene rings is 14. The molecule has 0 amide bonds. The lowest BCUT2D eigenvalue weighted by molar-refractivity contribution is 0.953. The minimum Gasteiger partial charge on any atom is -0.309 e. The van der Waals surface area contributed by atoms with E-state index in [1.807, 2.05) is 72.8 Å². The van der Waals surface area contributed by atoms with E-state index in [0.29, 0.717) is 23.5 Å². The largest absolute Gasteiger partial charge is 0.309 e. The highest BCUT2D eigenvalue weighted by Gasteiger charge is 2.22. The maximum atomic E-state index is 5.19. The molecule has 0 N–H and O–H groups in total. The summed E-state index contributed by atoms with van der Waals surface area (Å²) in [7, 11) is 0. The molecule has 0 saturated carbocycles. The van der Waals surface area contributed by atoms with Crippen LogP contribution in [0.2, 0.25) is 0 Å². The number of hydrogen-bond acceptors (Lipinski definition) is 5. The van der Waals surface area contributed by atoms with Crippen molar-refractivity contribution in [3.8, 4) is 90.8 Å². The fourth-order valence-corrected chi connectivity index (χ4v) is 14.7. The topological polar surface area (TPSA) is 84.2 Å². The Morgan fingerprint density at radius 3 is 0.740 bits per heavy atom. The molecule has 0 atom stereocenters. The Morgan fingerprint density at radius 1 is 0.160 bits per heavy atom. The molecular weight excluding hydrogens is 1220 g/mol. The highest BCUT2D eigenvalue weighted by atomic mass is 15.2. The maximum absolute atomic E-state index is 5.19. The zero-order valence-electron chi connectivity index (χ0n) is 54.1. The average Bonchev–Trinajstić information content (AvgIpc) is 1.60. The Labute approximate surface area is 575 Å². The quantitative estimate of drug-likeness (QED) is 0.136. The van der Waals surface area contributed by atoms with Crippen molar-refractivity contribution < 1.29 is 0 Å². The van der Waals surface area contributed by atoms with Crippen molar-refractivity contribution in [2.45, 2.75) is 0 Å². The van der Waals surface area contributed by atoms with Crippen LogP contribution in [0.25, 0.3) is 178 Å². The molecule has 0 fully saturated rings. The number of fused-ring (bicyclic) bond motifs is 12. The smallest absolute Gasteiger partial charge is 0.238 e. The first-order valence-corrected chi connectivity index (χ1v) is 33.7. The van der Waals surface area contributed by atoms with Crippen LogP contribution in [0, 0.1) is 0 Å². The third kappa shape index (κ3) is 9.98. The van der Waals surface area contributed by atoms with Gasteiger partial charge in [0.05, 0.1) is 55.5 Å². The third-order valence-electron chi connectivity index (χ3n) is 19.3. The summed E-state index contributed by atoms with van der Waals surface area (Å²) in [6.45, 7) is 0. The van der Waals surface area contributed by atoms with E-state index in [1.165, 1.54) is 71.1 Å². The molecule has 9 nitrogen and oxygen atoms in total. The molecule has 0 aliphatic heterocycles. The van der Waals surface area contributed by atoms with Gasteiger partial charge < -0.3 is 9.13 Å². The molecule has 0 unspecified atom stereocenters. The molecule has 0 saturated heterocycles. The van der Waals surface area contributed by atoms with Crippen molar-refractivity contribution >= 4 is 87.2 Å². The monoisotopic (exact) mass is 1280 g/mol. The summed E-state index contributed by atoms with van der Waals surface area (Å²) >= 11 is 0. The Morgan fingerprint density at radius 2 is 0.410 bits per heavy atom. The number of aromatic nitrogens is 9. The van der Waals surface area contributed by atoms with Gasteiger partial charge in [-0.3, -0.25) is 9.13 Å². The molecule has 6 aromatic heterocycles. The summed E-state index contributed by atoms with van der Waals surface area (Å²) in [4.78, 5) is 25.5. The van der Waals surface area contributed by atoms with Crippen LogP contribution in [-0.4, -0.2) is 43.2 Å². The lowest BCUT2D eigenvalue weighted by atomic mass is 10.0. The van der Waals surface area contributed by atoms with Gasteiger partial charge in [-0.05, 0) is 125 Å². The summed E-state index contributed by atoms with van der Waals surface area (Å²) in [5.74, 6) is 2.52. The van der Waals surface area contributed by atoms with Gasteiger partial charge in [0.1, 0.15) is 0 Å². The highest BCUT2D eigenvalue weighted by Crippen LogP contribution is 2.42. The molecule has 0 radical (unpaired) electrons. The second-order valence-electron chi connectivity index (χ2n) is 25.2. The van der Waals surface area contributed by atoms with Gasteiger partial charge in [0.15, 0.2) is 11.6 Å². The van der Waals surface area contributed by atoms with Gasteiger partial charge in [0.2, 0.25) is 11.9 Å². The van der Waals surface area contributed by atoms with Crippen molar-refractivity contribution in [3.05, 3.63) is 358 Å². The Balaban J connectivity index is 0.000000139. The minimum absolute atomic E-state index is 0.590. The molecule has 14 aromatic carbocycles. The van der Waals surface area contributed by atoms with Crippen LogP contribution in [0.5, 0.6) is 0 Å².